The summed E-state index contributed by atoms with van der Waals surface area (Å²) in [4.78, 5) is 11.5. The molecule has 0 aromatic carbocycles. The highest BCUT2D eigenvalue weighted by Gasteiger charge is 2.50. The molecule has 4 rings (SSSR count). The number of carbonyl (C=O) groups excluding carboxylic acids is 1. The Bertz CT molecular complexity index is 701. The number of rotatable bonds is 5. The second-order valence-electron chi connectivity index (χ2n) is 5.92. The van der Waals surface area contributed by atoms with Crippen molar-refractivity contribution in [2.75, 3.05) is 20.3 Å². The van der Waals surface area contributed by atoms with E-state index in [-0.39, 0.29) is 30.0 Å². The Morgan fingerprint density at radius 1 is 1.42 bits per heavy atom. The summed E-state index contributed by atoms with van der Waals surface area (Å²) in [5, 5.41) is 10.0. The van der Waals surface area contributed by atoms with Crippen molar-refractivity contribution in [1.29, 1.82) is 0 Å². The van der Waals surface area contributed by atoms with Gasteiger partial charge in [0.05, 0.1) is 26.2 Å². The molecule has 0 spiro atoms. The fraction of sp³-hybridized carbons (Fsp3) is 0.533. The van der Waals surface area contributed by atoms with Crippen LogP contribution >= 0.6 is 0 Å². The van der Waals surface area contributed by atoms with Gasteiger partial charge in [-0.1, -0.05) is 5.21 Å². The molecular formula is C15H19N4O5+. The van der Waals surface area contributed by atoms with Gasteiger partial charge in [-0.15, -0.1) is 5.10 Å². The summed E-state index contributed by atoms with van der Waals surface area (Å²) in [7, 11) is 1.32. The molecule has 2 N–H and O–H groups in total. The maximum absolute atomic E-state index is 11.5. The molecule has 24 heavy (non-hydrogen) atoms. The third kappa shape index (κ3) is 2.70. The lowest BCUT2D eigenvalue weighted by Crippen LogP contribution is -2.91. The van der Waals surface area contributed by atoms with Crippen LogP contribution in [-0.4, -0.2) is 59.5 Å². The van der Waals surface area contributed by atoms with Gasteiger partial charge in [0.2, 0.25) is 0 Å². The fourth-order valence-electron chi connectivity index (χ4n) is 3.27. The van der Waals surface area contributed by atoms with Crippen LogP contribution in [0.5, 0.6) is 0 Å². The lowest BCUT2D eigenvalue weighted by molar-refractivity contribution is -0.709. The normalized spacial score (nSPS) is 28.9. The summed E-state index contributed by atoms with van der Waals surface area (Å²) >= 11 is 0. The number of nitrogens with two attached hydrogens (primary N) is 1. The second-order valence-corrected chi connectivity index (χ2v) is 5.92. The highest BCUT2D eigenvalue weighted by Crippen LogP contribution is 2.32. The third-order valence-corrected chi connectivity index (χ3v) is 4.51. The van der Waals surface area contributed by atoms with Gasteiger partial charge in [-0.3, -0.25) is 0 Å². The maximum atomic E-state index is 11.5. The van der Waals surface area contributed by atoms with E-state index in [4.69, 9.17) is 13.9 Å². The van der Waals surface area contributed by atoms with E-state index in [1.54, 1.807) is 17.1 Å². The molecule has 2 aliphatic rings. The number of fused-ring (bicyclic) bond motifs is 1. The predicted molar refractivity (Wildman–Crippen MR) is 78.0 cm³/mol. The summed E-state index contributed by atoms with van der Waals surface area (Å²) < 4.78 is 23.5. The Labute approximate surface area is 137 Å². The third-order valence-electron chi connectivity index (χ3n) is 4.51. The van der Waals surface area contributed by atoms with E-state index in [1.807, 2.05) is 12.1 Å². The number of hydrogen-bond donors (Lipinski definition) is 1. The van der Waals surface area contributed by atoms with Crippen molar-refractivity contribution in [1.82, 2.24) is 15.0 Å². The van der Waals surface area contributed by atoms with Crippen LogP contribution in [0.4, 0.5) is 0 Å². The molecule has 0 radical (unpaired) electrons. The van der Waals surface area contributed by atoms with Gasteiger partial charge in [-0.05, 0) is 12.1 Å². The molecule has 9 heteroatoms. The van der Waals surface area contributed by atoms with Crippen LogP contribution in [0.3, 0.4) is 0 Å². The molecule has 4 atom stereocenters. The van der Waals surface area contributed by atoms with E-state index < -0.39 is 5.97 Å². The lowest BCUT2D eigenvalue weighted by Gasteiger charge is -2.15. The van der Waals surface area contributed by atoms with Gasteiger partial charge >= 0.3 is 5.97 Å². The van der Waals surface area contributed by atoms with Crippen molar-refractivity contribution in [2.24, 2.45) is 0 Å². The molecule has 0 saturated carbocycles. The first kappa shape index (κ1) is 15.3. The van der Waals surface area contributed by atoms with Crippen molar-refractivity contribution in [3.8, 4) is 0 Å². The van der Waals surface area contributed by atoms with E-state index in [2.05, 4.69) is 20.4 Å². The zero-order chi connectivity index (χ0) is 16.5. The molecule has 2 aromatic rings. The molecule has 0 aliphatic carbocycles. The summed E-state index contributed by atoms with van der Waals surface area (Å²) in [6.07, 6.45) is 3.12. The summed E-state index contributed by atoms with van der Waals surface area (Å²) in [5.41, 5.74) is 0.180. The smallest absolute Gasteiger partial charge is 0.360 e. The summed E-state index contributed by atoms with van der Waals surface area (Å²) in [6, 6.07) is 3.94. The van der Waals surface area contributed by atoms with Crippen molar-refractivity contribution in [3.63, 3.8) is 0 Å². The summed E-state index contributed by atoms with van der Waals surface area (Å²) in [6.45, 7) is 1.82. The lowest BCUT2D eigenvalue weighted by atomic mass is 10.1. The number of nitrogens with zero attached hydrogens (tertiary/aromatic N) is 3. The largest absolute Gasteiger partial charge is 0.464 e. The number of quaternary nitrogens is 1. The molecule has 2 aromatic heterocycles. The molecule has 0 bridgehead atoms. The monoisotopic (exact) mass is 335 g/mol. The molecule has 2 aliphatic heterocycles. The molecule has 9 nitrogen and oxygen atoms in total. The SMILES string of the molecule is COC(=O)c1cn([C@H]2CO[C@H]3[C@@H]2OC[C@@H]3[NH2+]Cc2ccco2)nn1. The van der Waals surface area contributed by atoms with Gasteiger partial charge < -0.3 is 23.9 Å². The number of furan rings is 1. The quantitative estimate of drug-likeness (QED) is 0.708. The first-order valence-corrected chi connectivity index (χ1v) is 7.85. The van der Waals surface area contributed by atoms with Crippen LogP contribution in [0.1, 0.15) is 22.3 Å². The van der Waals surface area contributed by atoms with E-state index in [9.17, 15) is 4.79 Å². The zero-order valence-electron chi connectivity index (χ0n) is 13.2. The van der Waals surface area contributed by atoms with Crippen molar-refractivity contribution in [2.45, 2.75) is 30.8 Å². The van der Waals surface area contributed by atoms with Gasteiger partial charge in [-0.2, -0.15) is 0 Å². The number of carbonyl (C=O) groups is 1. The van der Waals surface area contributed by atoms with Crippen molar-refractivity contribution >= 4 is 5.97 Å². The van der Waals surface area contributed by atoms with Crippen LogP contribution < -0.4 is 5.32 Å². The fourth-order valence-corrected chi connectivity index (χ4v) is 3.27. The van der Waals surface area contributed by atoms with Crippen LogP contribution in [0.15, 0.2) is 29.0 Å². The molecule has 0 amide bonds. The Morgan fingerprint density at radius 2 is 2.29 bits per heavy atom. The van der Waals surface area contributed by atoms with Crippen LogP contribution in [0.25, 0.3) is 0 Å². The number of hydrogen-bond acceptors (Lipinski definition) is 7. The van der Waals surface area contributed by atoms with Gasteiger partial charge in [0.15, 0.2) is 11.5 Å². The number of aromatic nitrogens is 3. The molecule has 128 valence electrons. The molecule has 4 heterocycles. The first-order chi connectivity index (χ1) is 11.8. The van der Waals surface area contributed by atoms with Crippen molar-refractivity contribution in [3.05, 3.63) is 36.0 Å². The first-order valence-electron chi connectivity index (χ1n) is 7.85. The number of ether oxygens (including phenoxy) is 3. The van der Waals surface area contributed by atoms with E-state index in [0.29, 0.717) is 13.2 Å². The Kier molecular flexibility index (Phi) is 4.05. The zero-order valence-corrected chi connectivity index (χ0v) is 13.2. The van der Waals surface area contributed by atoms with Gasteiger partial charge in [0, 0.05) is 0 Å². The Hall–Kier alpha value is -2.23. The average molecular weight is 335 g/mol. The van der Waals surface area contributed by atoms with Gasteiger partial charge in [-0.25, -0.2) is 9.48 Å². The summed E-state index contributed by atoms with van der Waals surface area (Å²) in [5.74, 6) is 0.417. The highest BCUT2D eigenvalue weighted by atomic mass is 16.6. The standard InChI is InChI=1S/C15H18N4O5/c1-21-15(20)10-6-19(18-17-10)12-8-24-13-11(7-23-14(12)13)16-5-9-3-2-4-22-9/h2-4,6,11-14,16H,5,7-8H2,1H3/p+1/t11-,12-,13+,14+/m0/s1. The van der Waals surface area contributed by atoms with Gasteiger partial charge in [0.1, 0.15) is 37.4 Å². The maximum Gasteiger partial charge on any atom is 0.360 e. The highest BCUT2D eigenvalue weighted by molar-refractivity contribution is 5.86. The minimum absolute atomic E-state index is 0.0178. The van der Waals surface area contributed by atoms with Crippen LogP contribution in [0.2, 0.25) is 0 Å². The molecule has 2 fully saturated rings. The molecule has 0 unspecified atom stereocenters. The molecule has 2 saturated heterocycles. The van der Waals surface area contributed by atoms with E-state index >= 15 is 0 Å². The second kappa shape index (κ2) is 6.34. The van der Waals surface area contributed by atoms with Gasteiger partial charge in [0.25, 0.3) is 0 Å². The predicted octanol–water partition coefficient (Wildman–Crippen LogP) is -0.871. The Balaban J connectivity index is 1.40. The van der Waals surface area contributed by atoms with E-state index in [0.717, 1.165) is 12.3 Å². The topological polar surface area (TPSA) is 105 Å². The minimum Gasteiger partial charge on any atom is -0.464 e. The van der Waals surface area contributed by atoms with Crippen LogP contribution in [0, 0.1) is 0 Å². The number of esters is 1. The van der Waals surface area contributed by atoms with E-state index in [1.165, 1.54) is 7.11 Å². The molecular weight excluding hydrogens is 316 g/mol. The van der Waals surface area contributed by atoms with Crippen molar-refractivity contribution < 1.29 is 28.7 Å². The number of methoxy groups -OCH3 is 1. The average Bonchev–Trinajstić information content (AvgIpc) is 3.35. The minimum atomic E-state index is -0.506. The Morgan fingerprint density at radius 3 is 3.08 bits per heavy atom. The van der Waals surface area contributed by atoms with Crippen LogP contribution in [-0.2, 0) is 20.8 Å².